The molecule has 0 aliphatic heterocycles. The van der Waals surface area contributed by atoms with E-state index in [9.17, 15) is 19.2 Å². The molecule has 3 rings (SSSR count). The Bertz CT molecular complexity index is 1220. The molecule has 0 bridgehead atoms. The van der Waals surface area contributed by atoms with E-state index in [0.29, 0.717) is 6.42 Å². The Balaban J connectivity index is 1.68. The number of benzene rings is 3. The number of hydrogen-bond donors (Lipinski definition) is 3. The minimum absolute atomic E-state index is 0.0550. The molecule has 3 aromatic carbocycles. The molecule has 3 aromatic rings. The molecule has 0 saturated heterocycles. The second-order valence-electron chi connectivity index (χ2n) is 9.67. The van der Waals surface area contributed by atoms with Crippen LogP contribution in [0, 0.1) is 5.92 Å². The van der Waals surface area contributed by atoms with Gasteiger partial charge in [0.1, 0.15) is 18.7 Å². The van der Waals surface area contributed by atoms with Crippen molar-refractivity contribution in [1.29, 1.82) is 0 Å². The first-order valence-electron chi connectivity index (χ1n) is 13.0. The van der Waals surface area contributed by atoms with Crippen molar-refractivity contribution >= 4 is 23.7 Å². The molecule has 0 spiro atoms. The Morgan fingerprint density at radius 1 is 0.692 bits per heavy atom. The molecule has 0 aliphatic carbocycles. The average Bonchev–Trinajstić information content (AvgIpc) is 2.95. The van der Waals surface area contributed by atoms with Crippen LogP contribution in [0.1, 0.15) is 37.0 Å². The van der Waals surface area contributed by atoms with Gasteiger partial charge in [-0.15, -0.1) is 0 Å². The van der Waals surface area contributed by atoms with Crippen LogP contribution in [0.25, 0.3) is 0 Å². The minimum Gasteiger partial charge on any atom is -0.445 e. The van der Waals surface area contributed by atoms with E-state index in [0.717, 1.165) is 16.7 Å². The second kappa shape index (κ2) is 15.1. The molecule has 0 fully saturated rings. The fraction of sp³-hybridized carbons (Fsp3) is 0.290. The molecule has 0 aliphatic rings. The average molecular weight is 530 g/mol. The van der Waals surface area contributed by atoms with Gasteiger partial charge in [0.05, 0.1) is 0 Å². The zero-order valence-electron chi connectivity index (χ0n) is 22.3. The van der Waals surface area contributed by atoms with Gasteiger partial charge in [0.2, 0.25) is 11.7 Å². The third kappa shape index (κ3) is 10.1. The molecule has 2 atom stereocenters. The van der Waals surface area contributed by atoms with Crippen molar-refractivity contribution in [3.8, 4) is 0 Å². The van der Waals surface area contributed by atoms with Gasteiger partial charge in [0.25, 0.3) is 5.91 Å². The van der Waals surface area contributed by atoms with Gasteiger partial charge >= 0.3 is 6.09 Å². The van der Waals surface area contributed by atoms with Crippen LogP contribution < -0.4 is 16.0 Å². The Hall–Kier alpha value is -4.46. The van der Waals surface area contributed by atoms with Gasteiger partial charge in [-0.25, -0.2) is 4.79 Å². The summed E-state index contributed by atoms with van der Waals surface area (Å²) in [4.78, 5) is 51.8. The highest BCUT2D eigenvalue weighted by molar-refractivity contribution is 6.38. The summed E-state index contributed by atoms with van der Waals surface area (Å²) in [7, 11) is 0. The van der Waals surface area contributed by atoms with Gasteiger partial charge < -0.3 is 20.7 Å². The predicted octanol–water partition coefficient (Wildman–Crippen LogP) is 3.94. The maximum absolute atomic E-state index is 13.3. The quantitative estimate of drug-likeness (QED) is 0.290. The van der Waals surface area contributed by atoms with Gasteiger partial charge in [-0.2, -0.15) is 0 Å². The number of hydrogen-bond acceptors (Lipinski definition) is 5. The van der Waals surface area contributed by atoms with Gasteiger partial charge in [-0.3, -0.25) is 14.4 Å². The Morgan fingerprint density at radius 3 is 1.79 bits per heavy atom. The van der Waals surface area contributed by atoms with Crippen LogP contribution in [0.3, 0.4) is 0 Å². The molecule has 0 radical (unpaired) electrons. The zero-order chi connectivity index (χ0) is 28.0. The summed E-state index contributed by atoms with van der Waals surface area (Å²) >= 11 is 0. The molecule has 3 amide bonds. The number of nitrogens with one attached hydrogen (secondary N) is 3. The minimum atomic E-state index is -1.12. The number of amides is 3. The van der Waals surface area contributed by atoms with Crippen molar-refractivity contribution in [2.24, 2.45) is 5.92 Å². The summed E-state index contributed by atoms with van der Waals surface area (Å²) < 4.78 is 5.29. The first-order valence-corrected chi connectivity index (χ1v) is 13.0. The third-order valence-corrected chi connectivity index (χ3v) is 5.96. The topological polar surface area (TPSA) is 114 Å². The molecule has 3 N–H and O–H groups in total. The van der Waals surface area contributed by atoms with E-state index in [1.807, 2.05) is 105 Å². The lowest BCUT2D eigenvalue weighted by atomic mass is 9.99. The van der Waals surface area contributed by atoms with Crippen LogP contribution >= 0.6 is 0 Å². The van der Waals surface area contributed by atoms with Gasteiger partial charge in [-0.05, 0) is 29.0 Å². The summed E-state index contributed by atoms with van der Waals surface area (Å²) in [5.74, 6) is -2.06. The van der Waals surface area contributed by atoms with Crippen molar-refractivity contribution in [2.75, 3.05) is 0 Å². The molecular formula is C31H35N3O5. The summed E-state index contributed by atoms with van der Waals surface area (Å²) in [6.07, 6.45) is -0.304. The van der Waals surface area contributed by atoms with Crippen molar-refractivity contribution in [2.45, 2.75) is 51.9 Å². The van der Waals surface area contributed by atoms with E-state index in [1.165, 1.54) is 0 Å². The van der Waals surface area contributed by atoms with Crippen LogP contribution in [-0.2, 0) is 38.7 Å². The van der Waals surface area contributed by atoms with Gasteiger partial charge in [0.15, 0.2) is 0 Å². The number of carbonyl (C=O) groups excluding carboxylic acids is 4. The summed E-state index contributed by atoms with van der Waals surface area (Å²) in [5.41, 5.74) is 2.44. The Morgan fingerprint density at radius 2 is 1.23 bits per heavy atom. The third-order valence-electron chi connectivity index (χ3n) is 5.96. The number of rotatable bonds is 13. The van der Waals surface area contributed by atoms with E-state index in [1.54, 1.807) is 0 Å². The summed E-state index contributed by atoms with van der Waals surface area (Å²) in [6, 6.07) is 25.5. The highest BCUT2D eigenvalue weighted by atomic mass is 16.5. The predicted molar refractivity (Wildman–Crippen MR) is 148 cm³/mol. The Kier molecular flexibility index (Phi) is 11.2. The molecular weight excluding hydrogens is 494 g/mol. The van der Waals surface area contributed by atoms with E-state index in [-0.39, 0.29) is 25.5 Å². The maximum atomic E-state index is 13.3. The number of Topliss-reactive ketones (excluding diaryl/α,β-unsaturated/α-hetero) is 1. The Labute approximate surface area is 229 Å². The standard InChI is InChI=1S/C31H35N3O5/c1-22(2)18-27(34-31(38)39-21-25-16-10-5-11-17-25)29(36)33-26(19-23-12-6-3-7-13-23)28(35)30(37)32-20-24-14-8-4-9-15-24/h3-17,22,26-27H,18-21H2,1-2H3,(H,32,37)(H,33,36)(H,34,38)/t26-,27-/m0/s1. The molecule has 204 valence electrons. The van der Waals surface area contributed by atoms with Crippen LogP contribution in [0.5, 0.6) is 0 Å². The molecule has 0 aromatic heterocycles. The second-order valence-corrected chi connectivity index (χ2v) is 9.67. The normalized spacial score (nSPS) is 12.2. The van der Waals surface area contributed by atoms with Crippen molar-refractivity contribution < 1.29 is 23.9 Å². The SMILES string of the molecule is CC(C)C[C@H](NC(=O)OCc1ccccc1)C(=O)N[C@@H](Cc1ccccc1)C(=O)C(=O)NCc1ccccc1. The molecule has 8 heteroatoms. The van der Waals surface area contributed by atoms with Crippen molar-refractivity contribution in [3.05, 3.63) is 108 Å². The lowest BCUT2D eigenvalue weighted by Gasteiger charge is -2.24. The molecule has 0 heterocycles. The molecule has 39 heavy (non-hydrogen) atoms. The van der Waals surface area contributed by atoms with Gasteiger partial charge in [0, 0.05) is 13.0 Å². The zero-order valence-corrected chi connectivity index (χ0v) is 22.3. The van der Waals surface area contributed by atoms with Crippen LogP contribution in [0.4, 0.5) is 4.79 Å². The smallest absolute Gasteiger partial charge is 0.408 e. The lowest BCUT2D eigenvalue weighted by molar-refractivity contribution is -0.140. The van der Waals surface area contributed by atoms with E-state index < -0.39 is 35.8 Å². The largest absolute Gasteiger partial charge is 0.445 e. The maximum Gasteiger partial charge on any atom is 0.408 e. The fourth-order valence-electron chi connectivity index (χ4n) is 3.96. The number of ketones is 1. The van der Waals surface area contributed by atoms with Crippen LogP contribution in [-0.4, -0.2) is 35.8 Å². The number of ether oxygens (including phenoxy) is 1. The van der Waals surface area contributed by atoms with Crippen LogP contribution in [0.2, 0.25) is 0 Å². The van der Waals surface area contributed by atoms with Crippen molar-refractivity contribution in [1.82, 2.24) is 16.0 Å². The fourth-order valence-corrected chi connectivity index (χ4v) is 3.96. The highest BCUT2D eigenvalue weighted by Crippen LogP contribution is 2.10. The van der Waals surface area contributed by atoms with Crippen LogP contribution in [0.15, 0.2) is 91.0 Å². The van der Waals surface area contributed by atoms with E-state index >= 15 is 0 Å². The summed E-state index contributed by atoms with van der Waals surface area (Å²) in [6.45, 7) is 4.07. The first kappa shape index (κ1) is 29.1. The molecule has 8 nitrogen and oxygen atoms in total. The number of carbonyl (C=O) groups is 4. The first-order chi connectivity index (χ1) is 18.8. The van der Waals surface area contributed by atoms with E-state index in [4.69, 9.17) is 4.74 Å². The lowest BCUT2D eigenvalue weighted by Crippen LogP contribution is -2.54. The molecule has 0 unspecified atom stereocenters. The van der Waals surface area contributed by atoms with E-state index in [2.05, 4.69) is 16.0 Å². The highest BCUT2D eigenvalue weighted by Gasteiger charge is 2.31. The monoisotopic (exact) mass is 529 g/mol. The molecule has 0 saturated carbocycles. The summed E-state index contributed by atoms with van der Waals surface area (Å²) in [5, 5.41) is 7.96. The number of alkyl carbamates (subject to hydrolysis) is 1. The van der Waals surface area contributed by atoms with Crippen molar-refractivity contribution in [3.63, 3.8) is 0 Å². The van der Waals surface area contributed by atoms with Gasteiger partial charge in [-0.1, -0.05) is 105 Å².